The third kappa shape index (κ3) is 3.57. The third-order valence-electron chi connectivity index (χ3n) is 9.90. The van der Waals surface area contributed by atoms with Crippen LogP contribution in [0.2, 0.25) is 0 Å². The van der Waals surface area contributed by atoms with Gasteiger partial charge >= 0.3 is 0 Å². The lowest BCUT2D eigenvalue weighted by Crippen LogP contribution is -2.47. The Morgan fingerprint density at radius 3 is 2.45 bits per heavy atom. The monoisotopic (exact) mass is 400 g/mol. The maximum absolute atomic E-state index is 10.9. The van der Waals surface area contributed by atoms with E-state index in [-0.39, 0.29) is 17.6 Å². The largest absolute Gasteiger partial charge is 0.393 e. The molecule has 4 aliphatic rings. The summed E-state index contributed by atoms with van der Waals surface area (Å²) in [5.74, 6) is 3.07. The van der Waals surface area contributed by atoms with Gasteiger partial charge in [0.15, 0.2) is 0 Å². The number of hydrogen-bond acceptors (Lipinski definition) is 2. The topological polar surface area (TPSA) is 40.5 Å². The van der Waals surface area contributed by atoms with E-state index in [1.54, 1.807) is 5.57 Å². The highest BCUT2D eigenvalue weighted by atomic mass is 16.3. The standard InChI is InChI=1S/C27H44O2/c1-17(2)6-11-25(29)18(3)22-9-10-23-21-8-7-19-16-20(28)12-14-26(19,4)24(21)13-15-27(22,23)5/h7-8,17-18,20,22-25,28-29H,6,9-16H2,1-5H3/t18-,20-,22+,23-,24-,25?,26-,27+/m0/s1. The van der Waals surface area contributed by atoms with E-state index in [0.717, 1.165) is 32.1 Å². The van der Waals surface area contributed by atoms with Gasteiger partial charge in [0.05, 0.1) is 12.2 Å². The van der Waals surface area contributed by atoms with Crippen molar-refractivity contribution >= 4 is 0 Å². The zero-order chi connectivity index (χ0) is 21.0. The van der Waals surface area contributed by atoms with Gasteiger partial charge in [-0.15, -0.1) is 0 Å². The van der Waals surface area contributed by atoms with Gasteiger partial charge in [-0.25, -0.2) is 0 Å². The molecule has 0 aromatic carbocycles. The molecule has 1 unspecified atom stereocenters. The highest BCUT2D eigenvalue weighted by Gasteiger charge is 2.57. The van der Waals surface area contributed by atoms with E-state index in [1.807, 2.05) is 0 Å². The van der Waals surface area contributed by atoms with Gasteiger partial charge in [-0.3, -0.25) is 0 Å². The average molecular weight is 401 g/mol. The van der Waals surface area contributed by atoms with Gasteiger partial charge in [0.25, 0.3) is 0 Å². The van der Waals surface area contributed by atoms with E-state index in [1.165, 1.54) is 31.3 Å². The van der Waals surface area contributed by atoms with E-state index >= 15 is 0 Å². The fraction of sp³-hybridized carbons (Fsp3) is 0.852. The first-order valence-electron chi connectivity index (χ1n) is 12.4. The molecular formula is C27H44O2. The number of fused-ring (bicyclic) bond motifs is 5. The molecule has 0 saturated heterocycles. The van der Waals surface area contributed by atoms with Crippen molar-refractivity contribution in [2.75, 3.05) is 0 Å². The number of allylic oxidation sites excluding steroid dienone is 3. The van der Waals surface area contributed by atoms with E-state index in [0.29, 0.717) is 35.0 Å². The van der Waals surface area contributed by atoms with Crippen LogP contribution in [0.4, 0.5) is 0 Å². The summed E-state index contributed by atoms with van der Waals surface area (Å²) in [6.45, 7) is 11.9. The van der Waals surface area contributed by atoms with Gasteiger partial charge in [0.1, 0.15) is 0 Å². The highest BCUT2D eigenvalue weighted by molar-refractivity contribution is 5.38. The summed E-state index contributed by atoms with van der Waals surface area (Å²) in [4.78, 5) is 0. The molecule has 4 aliphatic carbocycles. The van der Waals surface area contributed by atoms with Crippen molar-refractivity contribution in [1.82, 2.24) is 0 Å². The maximum Gasteiger partial charge on any atom is 0.0578 e. The molecule has 164 valence electrons. The van der Waals surface area contributed by atoms with Crippen molar-refractivity contribution in [3.05, 3.63) is 23.3 Å². The molecule has 2 nitrogen and oxygen atoms in total. The van der Waals surface area contributed by atoms with E-state index in [2.05, 4.69) is 46.8 Å². The summed E-state index contributed by atoms with van der Waals surface area (Å²) in [6, 6.07) is 0. The summed E-state index contributed by atoms with van der Waals surface area (Å²) >= 11 is 0. The zero-order valence-electron chi connectivity index (χ0n) is 19.5. The second kappa shape index (κ2) is 7.83. The van der Waals surface area contributed by atoms with Crippen molar-refractivity contribution in [3.8, 4) is 0 Å². The smallest absolute Gasteiger partial charge is 0.0578 e. The molecule has 3 saturated carbocycles. The van der Waals surface area contributed by atoms with Crippen LogP contribution in [-0.2, 0) is 0 Å². The summed E-state index contributed by atoms with van der Waals surface area (Å²) < 4.78 is 0. The third-order valence-corrected chi connectivity index (χ3v) is 9.90. The Balaban J connectivity index is 1.55. The zero-order valence-corrected chi connectivity index (χ0v) is 19.5. The summed E-state index contributed by atoms with van der Waals surface area (Å²) in [5, 5.41) is 21.1. The second-order valence-corrected chi connectivity index (χ2v) is 11.9. The first kappa shape index (κ1) is 21.6. The molecule has 4 rings (SSSR count). The molecule has 0 amide bonds. The van der Waals surface area contributed by atoms with Gasteiger partial charge in [-0.1, -0.05) is 57.9 Å². The SMILES string of the molecule is CC(C)CCC(O)[C@@H](C)[C@H]1CC[C@H]2C3=CC=C4C[C@@H](O)CC[C@]4(C)[C@H]3CC[C@]12C. The van der Waals surface area contributed by atoms with Crippen LogP contribution >= 0.6 is 0 Å². The number of hydrogen-bond donors (Lipinski definition) is 2. The molecule has 3 fully saturated rings. The van der Waals surface area contributed by atoms with Crippen molar-refractivity contribution in [1.29, 1.82) is 0 Å². The quantitative estimate of drug-likeness (QED) is 0.570. The molecule has 0 aromatic heterocycles. The van der Waals surface area contributed by atoms with Crippen LogP contribution in [0.1, 0.15) is 92.4 Å². The lowest BCUT2D eigenvalue weighted by molar-refractivity contribution is -0.00324. The number of rotatable bonds is 5. The molecule has 29 heavy (non-hydrogen) atoms. The minimum absolute atomic E-state index is 0.137. The molecule has 0 bridgehead atoms. The van der Waals surface area contributed by atoms with E-state index in [4.69, 9.17) is 0 Å². The van der Waals surface area contributed by atoms with Crippen LogP contribution in [0.5, 0.6) is 0 Å². The van der Waals surface area contributed by atoms with Gasteiger partial charge in [-0.2, -0.15) is 0 Å². The van der Waals surface area contributed by atoms with Gasteiger partial charge in [0.2, 0.25) is 0 Å². The average Bonchev–Trinajstić information content (AvgIpc) is 3.03. The molecule has 0 heterocycles. The van der Waals surface area contributed by atoms with E-state index in [9.17, 15) is 10.2 Å². The molecule has 0 aliphatic heterocycles. The lowest BCUT2D eigenvalue weighted by Gasteiger charge is -2.55. The minimum Gasteiger partial charge on any atom is -0.393 e. The van der Waals surface area contributed by atoms with Gasteiger partial charge in [0, 0.05) is 0 Å². The summed E-state index contributed by atoms with van der Waals surface area (Å²) in [7, 11) is 0. The van der Waals surface area contributed by atoms with Crippen LogP contribution in [0.15, 0.2) is 23.3 Å². The maximum atomic E-state index is 10.9. The van der Waals surface area contributed by atoms with Crippen LogP contribution in [-0.4, -0.2) is 22.4 Å². The second-order valence-electron chi connectivity index (χ2n) is 11.9. The normalized spacial score (nSPS) is 43.7. The highest BCUT2D eigenvalue weighted by Crippen LogP contribution is 2.66. The Morgan fingerprint density at radius 1 is 0.966 bits per heavy atom. The lowest BCUT2D eigenvalue weighted by atomic mass is 9.50. The Morgan fingerprint density at radius 2 is 1.72 bits per heavy atom. The number of aliphatic hydroxyl groups is 2. The summed E-state index contributed by atoms with van der Waals surface area (Å²) in [6.07, 6.45) is 14.8. The predicted molar refractivity (Wildman–Crippen MR) is 120 cm³/mol. The Labute approximate surface area is 178 Å². The molecule has 0 spiro atoms. The van der Waals surface area contributed by atoms with Crippen molar-refractivity contribution in [2.24, 2.45) is 40.4 Å². The number of aliphatic hydroxyl groups excluding tert-OH is 2. The molecule has 2 N–H and O–H groups in total. The summed E-state index contributed by atoms with van der Waals surface area (Å²) in [5.41, 5.74) is 3.83. The van der Waals surface area contributed by atoms with Crippen LogP contribution in [0.3, 0.4) is 0 Å². The van der Waals surface area contributed by atoms with Crippen molar-refractivity contribution in [2.45, 2.75) is 105 Å². The molecule has 0 aromatic rings. The first-order chi connectivity index (χ1) is 13.7. The van der Waals surface area contributed by atoms with Crippen LogP contribution < -0.4 is 0 Å². The fourth-order valence-corrected chi connectivity index (χ4v) is 7.92. The Kier molecular flexibility index (Phi) is 5.84. The minimum atomic E-state index is -0.153. The molecule has 2 heteroatoms. The van der Waals surface area contributed by atoms with Crippen molar-refractivity contribution < 1.29 is 10.2 Å². The fourth-order valence-electron chi connectivity index (χ4n) is 7.92. The van der Waals surface area contributed by atoms with Crippen LogP contribution in [0, 0.1) is 40.4 Å². The Bertz CT molecular complexity index is 676. The van der Waals surface area contributed by atoms with Crippen LogP contribution in [0.25, 0.3) is 0 Å². The van der Waals surface area contributed by atoms with Gasteiger partial charge < -0.3 is 10.2 Å². The van der Waals surface area contributed by atoms with Gasteiger partial charge in [-0.05, 0) is 98.2 Å². The van der Waals surface area contributed by atoms with Crippen molar-refractivity contribution in [3.63, 3.8) is 0 Å². The first-order valence-corrected chi connectivity index (χ1v) is 12.4. The van der Waals surface area contributed by atoms with E-state index < -0.39 is 0 Å². The Hall–Kier alpha value is -0.600. The molecule has 0 radical (unpaired) electrons. The predicted octanol–water partition coefficient (Wildman–Crippen LogP) is 6.28. The molecular weight excluding hydrogens is 356 g/mol. The molecule has 8 atom stereocenters.